The SMILES string of the molecule is N=C(C(=O)N[C@@H]1C(=O)N2C(C(=O)O)=C(Sc3cccnc3CSCCN)CCC12)C(N)=NC(N)=S.O. The summed E-state index contributed by atoms with van der Waals surface area (Å²) < 4.78 is 0. The number of aromatic nitrogens is 1. The van der Waals surface area contributed by atoms with Gasteiger partial charge in [0.25, 0.3) is 11.8 Å². The fourth-order valence-electron chi connectivity index (χ4n) is 3.64. The predicted octanol–water partition coefficient (Wildman–Crippen LogP) is -1.05. The third-order valence-electron chi connectivity index (χ3n) is 5.18. The molecule has 0 bridgehead atoms. The van der Waals surface area contributed by atoms with E-state index in [1.165, 1.54) is 16.7 Å². The van der Waals surface area contributed by atoms with Gasteiger partial charge in [0.15, 0.2) is 16.7 Å². The Bertz CT molecular complexity index is 1140. The molecule has 1 unspecified atom stereocenters. The van der Waals surface area contributed by atoms with Gasteiger partial charge in [-0.05, 0) is 37.2 Å². The molecule has 0 spiro atoms. The number of pyridine rings is 1. The number of hydrogen-bond acceptors (Lipinski definition) is 9. The minimum absolute atomic E-state index is 0. The lowest BCUT2D eigenvalue weighted by atomic mass is 9.86. The number of thiocarbonyl (C=S) groups is 1. The highest BCUT2D eigenvalue weighted by Gasteiger charge is 2.53. The van der Waals surface area contributed by atoms with Crippen LogP contribution in [0.2, 0.25) is 0 Å². The number of amides is 2. The zero-order valence-corrected chi connectivity index (χ0v) is 21.3. The first-order chi connectivity index (χ1) is 16.6. The van der Waals surface area contributed by atoms with E-state index in [2.05, 4.69) is 27.5 Å². The number of rotatable bonds is 10. The number of nitrogens with zero attached hydrogens (tertiary/aromatic N) is 3. The van der Waals surface area contributed by atoms with Crippen LogP contribution in [0.3, 0.4) is 0 Å². The highest BCUT2D eigenvalue weighted by molar-refractivity contribution is 8.03. The van der Waals surface area contributed by atoms with E-state index in [1.54, 1.807) is 24.0 Å². The number of allylic oxidation sites excluding steroid dienone is 1. The average molecular weight is 555 g/mol. The fourth-order valence-corrected chi connectivity index (χ4v) is 5.72. The Labute approximate surface area is 220 Å². The lowest BCUT2D eigenvalue weighted by molar-refractivity contribution is -0.155. The van der Waals surface area contributed by atoms with E-state index in [4.69, 9.17) is 22.6 Å². The molecular weight excluding hydrogens is 528 g/mol. The van der Waals surface area contributed by atoms with Crippen molar-refractivity contribution in [3.63, 3.8) is 0 Å². The third kappa shape index (κ3) is 6.38. The number of β-lactam (4-membered cyclic amide) rings is 1. The number of hydrogen-bond donors (Lipinski definition) is 6. The Kier molecular flexibility index (Phi) is 10.4. The normalized spacial score (nSPS) is 19.1. The number of nitrogens with one attached hydrogen (secondary N) is 2. The molecule has 36 heavy (non-hydrogen) atoms. The highest BCUT2D eigenvalue weighted by atomic mass is 32.2. The van der Waals surface area contributed by atoms with Crippen molar-refractivity contribution >= 4 is 70.2 Å². The molecule has 194 valence electrons. The van der Waals surface area contributed by atoms with Gasteiger partial charge in [-0.25, -0.2) is 9.79 Å². The molecule has 1 fully saturated rings. The summed E-state index contributed by atoms with van der Waals surface area (Å²) in [5.41, 5.74) is 16.3. The van der Waals surface area contributed by atoms with Crippen LogP contribution in [0.1, 0.15) is 18.5 Å². The van der Waals surface area contributed by atoms with Gasteiger partial charge < -0.3 is 33.1 Å². The van der Waals surface area contributed by atoms with Crippen LogP contribution in [0.5, 0.6) is 0 Å². The van der Waals surface area contributed by atoms with Crippen LogP contribution in [0.25, 0.3) is 0 Å². The van der Waals surface area contributed by atoms with E-state index in [-0.39, 0.29) is 16.3 Å². The monoisotopic (exact) mass is 554 g/mol. The van der Waals surface area contributed by atoms with Crippen molar-refractivity contribution in [1.29, 1.82) is 5.41 Å². The minimum atomic E-state index is -1.24. The zero-order chi connectivity index (χ0) is 25.7. The molecule has 3 heterocycles. The van der Waals surface area contributed by atoms with Crippen LogP contribution >= 0.6 is 35.7 Å². The number of carboxylic acids is 1. The molecule has 2 amide bonds. The molecule has 0 saturated carbocycles. The molecular formula is C20H26N8O5S3. The summed E-state index contributed by atoms with van der Waals surface area (Å²) in [7, 11) is 0. The Morgan fingerprint density at radius 1 is 1.39 bits per heavy atom. The van der Waals surface area contributed by atoms with Crippen LogP contribution in [-0.4, -0.2) is 79.3 Å². The van der Waals surface area contributed by atoms with Crippen molar-refractivity contribution in [3.8, 4) is 0 Å². The maximum atomic E-state index is 12.9. The summed E-state index contributed by atoms with van der Waals surface area (Å²) in [6.45, 7) is 0.545. The lowest BCUT2D eigenvalue weighted by Gasteiger charge is -2.50. The topological polar surface area (TPSA) is 245 Å². The Morgan fingerprint density at radius 3 is 2.75 bits per heavy atom. The van der Waals surface area contributed by atoms with Crippen molar-refractivity contribution in [2.24, 2.45) is 22.2 Å². The first-order valence-electron chi connectivity index (χ1n) is 10.4. The Hall–Kier alpha value is -3.05. The van der Waals surface area contributed by atoms with E-state index < -0.39 is 41.4 Å². The number of amidine groups is 1. The van der Waals surface area contributed by atoms with Crippen molar-refractivity contribution < 1.29 is 25.0 Å². The second-order valence-electron chi connectivity index (χ2n) is 7.44. The van der Waals surface area contributed by atoms with Gasteiger partial charge in [-0.3, -0.25) is 24.9 Å². The van der Waals surface area contributed by atoms with Crippen molar-refractivity contribution in [3.05, 3.63) is 34.6 Å². The van der Waals surface area contributed by atoms with Gasteiger partial charge in [0.2, 0.25) is 0 Å². The quantitative estimate of drug-likeness (QED) is 0.0669. The minimum Gasteiger partial charge on any atom is -0.477 e. The number of thioether (sulfide) groups is 2. The summed E-state index contributed by atoms with van der Waals surface area (Å²) in [5.74, 6) is -1.84. The number of aliphatic imine (C=N–C) groups is 1. The molecule has 2 atom stereocenters. The van der Waals surface area contributed by atoms with Gasteiger partial charge in [0.05, 0.1) is 11.7 Å². The van der Waals surface area contributed by atoms with Crippen LogP contribution in [-0.2, 0) is 20.1 Å². The summed E-state index contributed by atoms with van der Waals surface area (Å²) in [6.07, 6.45) is 2.49. The molecule has 1 aromatic heterocycles. The Morgan fingerprint density at radius 2 is 2.11 bits per heavy atom. The number of aliphatic carboxylic acids is 1. The van der Waals surface area contributed by atoms with Crippen LogP contribution < -0.4 is 22.5 Å². The molecule has 0 radical (unpaired) electrons. The summed E-state index contributed by atoms with van der Waals surface area (Å²) in [6, 6.07) is 2.09. The average Bonchev–Trinajstić information content (AvgIpc) is 2.82. The third-order valence-corrected chi connectivity index (χ3v) is 7.51. The van der Waals surface area contributed by atoms with Gasteiger partial charge in [-0.15, -0.1) is 0 Å². The fraction of sp³-hybridized carbons (Fsp3) is 0.350. The standard InChI is InChI=1S/C20H24N8O4S3.H2O/c21-5-7-34-8-9-11(2-1-6-25-9)35-12-4-3-10-14(18(30)28(10)15(12)19(31)32)26-17(29)13(22)16(23)27-20(24)33;/h1-2,6,10,14,22H,3-5,7-8,21H2,(H,26,29)(H,31,32)(H4,23,24,27,33);1H2/t10?,14-;/m0./s1. The van der Waals surface area contributed by atoms with Crippen molar-refractivity contribution in [1.82, 2.24) is 15.2 Å². The van der Waals surface area contributed by atoms with Gasteiger partial charge in [0.1, 0.15) is 11.7 Å². The molecule has 11 N–H and O–H groups in total. The lowest BCUT2D eigenvalue weighted by Crippen LogP contribution is -2.72. The molecule has 2 aliphatic heterocycles. The molecule has 13 nitrogen and oxygen atoms in total. The number of nitrogens with two attached hydrogens (primary N) is 3. The zero-order valence-electron chi connectivity index (χ0n) is 18.9. The van der Waals surface area contributed by atoms with E-state index in [9.17, 15) is 19.5 Å². The second-order valence-corrected chi connectivity index (χ2v) is 10.1. The molecule has 0 aliphatic carbocycles. The molecule has 2 aliphatic rings. The van der Waals surface area contributed by atoms with Crippen molar-refractivity contribution in [2.45, 2.75) is 35.6 Å². The van der Waals surface area contributed by atoms with E-state index in [1.807, 2.05) is 6.07 Å². The van der Waals surface area contributed by atoms with E-state index in [0.717, 1.165) is 16.3 Å². The molecule has 16 heteroatoms. The summed E-state index contributed by atoms with van der Waals surface area (Å²) in [5, 5.41) is 19.8. The number of carboxylic acid groups (broad SMARTS) is 1. The Balaban J connectivity index is 0.00000456. The molecule has 3 rings (SSSR count). The maximum Gasteiger partial charge on any atom is 0.353 e. The summed E-state index contributed by atoms with van der Waals surface area (Å²) >= 11 is 7.48. The smallest absolute Gasteiger partial charge is 0.353 e. The number of carbonyl (C=O) groups is 3. The largest absolute Gasteiger partial charge is 0.477 e. The first kappa shape index (κ1) is 29.2. The second kappa shape index (κ2) is 12.8. The number of carbonyl (C=O) groups excluding carboxylic acids is 2. The number of fused-ring (bicyclic) bond motifs is 1. The highest BCUT2D eigenvalue weighted by Crippen LogP contribution is 2.43. The first-order valence-corrected chi connectivity index (χ1v) is 12.8. The van der Waals surface area contributed by atoms with E-state index in [0.29, 0.717) is 30.0 Å². The maximum absolute atomic E-state index is 12.9. The predicted molar refractivity (Wildman–Crippen MR) is 142 cm³/mol. The van der Waals surface area contributed by atoms with Gasteiger partial charge >= 0.3 is 5.97 Å². The van der Waals surface area contributed by atoms with Crippen molar-refractivity contribution in [2.75, 3.05) is 12.3 Å². The van der Waals surface area contributed by atoms with Gasteiger partial charge in [-0.1, -0.05) is 11.8 Å². The van der Waals surface area contributed by atoms with Crippen LogP contribution in [0, 0.1) is 5.41 Å². The molecule has 1 aromatic rings. The van der Waals surface area contributed by atoms with Crippen LogP contribution in [0.4, 0.5) is 0 Å². The summed E-state index contributed by atoms with van der Waals surface area (Å²) in [4.78, 5) is 47.8. The molecule has 0 aromatic carbocycles. The van der Waals surface area contributed by atoms with Crippen LogP contribution in [0.15, 0.2) is 38.8 Å². The van der Waals surface area contributed by atoms with E-state index >= 15 is 0 Å². The molecule has 1 saturated heterocycles. The van der Waals surface area contributed by atoms with Gasteiger partial charge in [-0.2, -0.15) is 11.8 Å². The van der Waals surface area contributed by atoms with Gasteiger partial charge in [0, 0.05) is 34.0 Å².